The number of allylic oxidation sites excluding steroid dienone is 3. The number of benzene rings is 2. The molecule has 0 amide bonds. The van der Waals surface area contributed by atoms with Gasteiger partial charge in [0.05, 0.1) is 12.7 Å². The van der Waals surface area contributed by atoms with E-state index in [-0.39, 0.29) is 5.78 Å². The van der Waals surface area contributed by atoms with Crippen molar-refractivity contribution in [2.24, 2.45) is 0 Å². The third kappa shape index (κ3) is 4.55. The molecule has 0 saturated heterocycles. The maximum atomic E-state index is 13.1. The number of hydrogen-bond acceptors (Lipinski definition) is 5. The zero-order valence-electron chi connectivity index (χ0n) is 19.4. The summed E-state index contributed by atoms with van der Waals surface area (Å²) < 4.78 is 11.1. The number of dihydropyridines is 1. The second kappa shape index (κ2) is 9.44. The van der Waals surface area contributed by atoms with Crippen LogP contribution in [0.3, 0.4) is 0 Å². The Bertz CT molecular complexity index is 1180. The Morgan fingerprint density at radius 1 is 1.09 bits per heavy atom. The van der Waals surface area contributed by atoms with E-state index < -0.39 is 11.9 Å². The number of methoxy groups -OCH3 is 1. The lowest BCUT2D eigenvalue weighted by molar-refractivity contribution is -0.136. The fourth-order valence-electron chi connectivity index (χ4n) is 4.75. The Hall–Kier alpha value is -3.05. The van der Waals surface area contributed by atoms with Crippen LogP contribution >= 0.6 is 11.6 Å². The Labute approximate surface area is 199 Å². The molecule has 0 aromatic heterocycles. The summed E-state index contributed by atoms with van der Waals surface area (Å²) in [5, 5.41) is 3.97. The van der Waals surface area contributed by atoms with Crippen LogP contribution in [0.2, 0.25) is 5.02 Å². The van der Waals surface area contributed by atoms with Gasteiger partial charge < -0.3 is 14.8 Å². The van der Waals surface area contributed by atoms with Crippen LogP contribution in [0.1, 0.15) is 54.4 Å². The molecule has 172 valence electrons. The molecule has 5 nitrogen and oxygen atoms in total. The lowest BCUT2D eigenvalue weighted by atomic mass is 9.73. The van der Waals surface area contributed by atoms with Gasteiger partial charge in [0.1, 0.15) is 12.4 Å². The topological polar surface area (TPSA) is 64.6 Å². The monoisotopic (exact) mass is 465 g/mol. The molecular formula is C27H28ClNO4. The van der Waals surface area contributed by atoms with Gasteiger partial charge in [0.2, 0.25) is 0 Å². The molecule has 1 N–H and O–H groups in total. The average Bonchev–Trinajstić information content (AvgIpc) is 2.78. The number of carbonyl (C=O) groups is 2. The first-order chi connectivity index (χ1) is 15.8. The molecule has 1 heterocycles. The van der Waals surface area contributed by atoms with E-state index in [0.29, 0.717) is 29.2 Å². The highest BCUT2D eigenvalue weighted by atomic mass is 35.5. The van der Waals surface area contributed by atoms with Crippen molar-refractivity contribution in [2.75, 3.05) is 7.11 Å². The number of esters is 1. The van der Waals surface area contributed by atoms with Gasteiger partial charge in [0.15, 0.2) is 5.78 Å². The first-order valence-corrected chi connectivity index (χ1v) is 11.5. The highest BCUT2D eigenvalue weighted by molar-refractivity contribution is 6.30. The first-order valence-electron chi connectivity index (χ1n) is 11.1. The van der Waals surface area contributed by atoms with Gasteiger partial charge in [-0.25, -0.2) is 4.79 Å². The van der Waals surface area contributed by atoms with E-state index in [4.69, 9.17) is 21.1 Å². The Balaban J connectivity index is 1.78. The summed E-state index contributed by atoms with van der Waals surface area (Å²) in [7, 11) is 1.37. The summed E-state index contributed by atoms with van der Waals surface area (Å²) >= 11 is 5.97. The van der Waals surface area contributed by atoms with E-state index in [1.807, 2.05) is 32.9 Å². The summed E-state index contributed by atoms with van der Waals surface area (Å²) in [4.78, 5) is 25.9. The summed E-state index contributed by atoms with van der Waals surface area (Å²) in [5.74, 6) is -0.0759. The second-order valence-corrected chi connectivity index (χ2v) is 9.07. The van der Waals surface area contributed by atoms with Crippen molar-refractivity contribution in [1.82, 2.24) is 5.32 Å². The smallest absolute Gasteiger partial charge is 0.336 e. The van der Waals surface area contributed by atoms with Crippen molar-refractivity contribution < 1.29 is 19.1 Å². The van der Waals surface area contributed by atoms with Crippen LogP contribution < -0.4 is 10.1 Å². The largest absolute Gasteiger partial charge is 0.489 e. The molecule has 0 fully saturated rings. The molecule has 1 aliphatic carbocycles. The van der Waals surface area contributed by atoms with Crippen LogP contribution in [0.4, 0.5) is 0 Å². The zero-order chi connectivity index (χ0) is 23.7. The number of Topliss-reactive ketones (excluding diaryl/α,β-unsaturated/α-hetero) is 1. The van der Waals surface area contributed by atoms with E-state index in [1.54, 1.807) is 12.1 Å². The van der Waals surface area contributed by atoms with Gasteiger partial charge in [0, 0.05) is 34.3 Å². The number of ether oxygens (including phenoxy) is 2. The number of hydrogen-bond donors (Lipinski definition) is 1. The highest BCUT2D eigenvalue weighted by Crippen LogP contribution is 2.44. The van der Waals surface area contributed by atoms with E-state index in [2.05, 4.69) is 17.4 Å². The molecule has 1 atom stereocenters. The number of carbonyl (C=O) groups excluding carboxylic acids is 2. The standard InChI is InChI=1S/C27H28ClNO4/c1-15-12-16(2)21(13-18(15)14-33-20-10-8-19(28)9-11-20)25-24(27(31)32-4)17(3)29-22-6-5-7-23(30)26(22)25/h8-13,25,29H,5-7,14H2,1-4H3. The van der Waals surface area contributed by atoms with Crippen molar-refractivity contribution in [2.45, 2.75) is 52.6 Å². The molecule has 1 unspecified atom stereocenters. The van der Waals surface area contributed by atoms with Gasteiger partial charge in [-0.2, -0.15) is 0 Å². The molecule has 4 rings (SSSR count). The van der Waals surface area contributed by atoms with Crippen LogP contribution in [0.25, 0.3) is 0 Å². The van der Waals surface area contributed by atoms with Crippen molar-refractivity contribution in [3.63, 3.8) is 0 Å². The van der Waals surface area contributed by atoms with Crippen LogP contribution in [0.5, 0.6) is 5.75 Å². The third-order valence-corrected chi connectivity index (χ3v) is 6.68. The van der Waals surface area contributed by atoms with Crippen molar-refractivity contribution in [1.29, 1.82) is 0 Å². The minimum atomic E-state index is -0.462. The summed E-state index contributed by atoms with van der Waals surface area (Å²) in [5.41, 5.74) is 6.86. The van der Waals surface area contributed by atoms with Crippen LogP contribution in [-0.2, 0) is 20.9 Å². The Morgan fingerprint density at radius 2 is 1.82 bits per heavy atom. The fourth-order valence-corrected chi connectivity index (χ4v) is 4.88. The van der Waals surface area contributed by atoms with Gasteiger partial charge in [-0.1, -0.05) is 23.7 Å². The predicted octanol–water partition coefficient (Wildman–Crippen LogP) is 5.68. The second-order valence-electron chi connectivity index (χ2n) is 8.64. The van der Waals surface area contributed by atoms with Crippen molar-refractivity contribution in [3.05, 3.63) is 86.2 Å². The lowest BCUT2D eigenvalue weighted by Gasteiger charge is -2.35. The van der Waals surface area contributed by atoms with Crippen LogP contribution in [-0.4, -0.2) is 18.9 Å². The molecule has 0 saturated carbocycles. The zero-order valence-corrected chi connectivity index (χ0v) is 20.1. The quantitative estimate of drug-likeness (QED) is 0.576. The van der Waals surface area contributed by atoms with Gasteiger partial charge in [-0.05, 0) is 80.1 Å². The van der Waals surface area contributed by atoms with Gasteiger partial charge in [0.25, 0.3) is 0 Å². The van der Waals surface area contributed by atoms with Crippen LogP contribution in [0.15, 0.2) is 58.9 Å². The number of halogens is 1. The Morgan fingerprint density at radius 3 is 2.52 bits per heavy atom. The van der Waals surface area contributed by atoms with Gasteiger partial charge in [-0.3, -0.25) is 4.79 Å². The predicted molar refractivity (Wildman–Crippen MR) is 128 cm³/mol. The molecule has 2 aromatic rings. The van der Waals surface area contributed by atoms with E-state index >= 15 is 0 Å². The maximum absolute atomic E-state index is 13.1. The molecular weight excluding hydrogens is 438 g/mol. The number of aryl methyl sites for hydroxylation is 2. The maximum Gasteiger partial charge on any atom is 0.336 e. The minimum Gasteiger partial charge on any atom is -0.489 e. The third-order valence-electron chi connectivity index (χ3n) is 6.42. The van der Waals surface area contributed by atoms with Gasteiger partial charge in [-0.15, -0.1) is 0 Å². The molecule has 2 aliphatic rings. The number of ketones is 1. The highest BCUT2D eigenvalue weighted by Gasteiger charge is 2.39. The van der Waals surface area contributed by atoms with Crippen molar-refractivity contribution in [3.8, 4) is 5.75 Å². The molecule has 0 spiro atoms. The van der Waals surface area contributed by atoms with Crippen LogP contribution in [0, 0.1) is 13.8 Å². The number of nitrogens with one attached hydrogen (secondary N) is 1. The normalized spacial score (nSPS) is 18.1. The van der Waals surface area contributed by atoms with E-state index in [1.165, 1.54) is 7.11 Å². The SMILES string of the molecule is COC(=O)C1=C(C)NC2=C(C(=O)CCC2)C1c1cc(COc2ccc(Cl)cc2)c(C)cc1C. The molecule has 0 radical (unpaired) electrons. The lowest BCUT2D eigenvalue weighted by Crippen LogP contribution is -2.34. The minimum absolute atomic E-state index is 0.0848. The molecule has 2 aromatic carbocycles. The molecule has 1 aliphatic heterocycles. The van der Waals surface area contributed by atoms with E-state index in [9.17, 15) is 9.59 Å². The molecule has 33 heavy (non-hydrogen) atoms. The molecule has 0 bridgehead atoms. The molecule has 6 heteroatoms. The van der Waals surface area contributed by atoms with Gasteiger partial charge >= 0.3 is 5.97 Å². The fraction of sp³-hybridized carbons (Fsp3) is 0.333. The summed E-state index contributed by atoms with van der Waals surface area (Å²) in [6, 6.07) is 11.4. The van der Waals surface area contributed by atoms with E-state index in [0.717, 1.165) is 52.2 Å². The Kier molecular flexibility index (Phi) is 6.61. The number of rotatable bonds is 5. The average molecular weight is 466 g/mol. The summed E-state index contributed by atoms with van der Waals surface area (Å²) in [6.45, 7) is 6.29. The van der Waals surface area contributed by atoms with Crippen molar-refractivity contribution >= 4 is 23.4 Å². The first kappa shape index (κ1) is 23.1. The summed E-state index contributed by atoms with van der Waals surface area (Å²) in [6.07, 6.45) is 2.09.